The maximum atomic E-state index is 12.0. The minimum atomic E-state index is -0.407. The molecule has 0 N–H and O–H groups in total. The van der Waals surface area contributed by atoms with Crippen LogP contribution in [0.4, 0.5) is 0 Å². The molecule has 0 aliphatic heterocycles. The van der Waals surface area contributed by atoms with E-state index < -0.39 is 5.97 Å². The summed E-state index contributed by atoms with van der Waals surface area (Å²) in [5.74, 6) is -0.696. The number of carbonyl (C=O) groups is 2. The number of hydrogen-bond donors (Lipinski definition) is 0. The first kappa shape index (κ1) is 23.5. The molecule has 0 aromatic carbocycles. The Morgan fingerprint density at radius 3 is 2.11 bits per heavy atom. The maximum absolute atomic E-state index is 12.0. The molecule has 1 rings (SSSR count). The van der Waals surface area contributed by atoms with Gasteiger partial charge < -0.3 is 9.47 Å². The molecule has 0 bridgehead atoms. The van der Waals surface area contributed by atoms with Gasteiger partial charge in [-0.25, -0.2) is 4.79 Å². The highest BCUT2D eigenvalue weighted by molar-refractivity contribution is 5.81. The molecule has 0 amide bonds. The molecule has 4 nitrogen and oxygen atoms in total. The van der Waals surface area contributed by atoms with Gasteiger partial charge in [0.25, 0.3) is 0 Å². The molecule has 1 saturated carbocycles. The molecule has 1 aliphatic carbocycles. The minimum Gasteiger partial charge on any atom is -0.463 e. The molecular weight excluding hydrogens is 340 g/mol. The fourth-order valence-electron chi connectivity index (χ4n) is 3.90. The number of esters is 2. The van der Waals surface area contributed by atoms with Crippen molar-refractivity contribution in [1.82, 2.24) is 0 Å². The van der Waals surface area contributed by atoms with Crippen molar-refractivity contribution in [2.45, 2.75) is 90.4 Å². The highest BCUT2D eigenvalue weighted by Gasteiger charge is 2.57. The van der Waals surface area contributed by atoms with Crippen molar-refractivity contribution in [2.24, 2.45) is 11.3 Å². The second kappa shape index (κ2) is 13.6. The summed E-state index contributed by atoms with van der Waals surface area (Å²) < 4.78 is 10.1. The van der Waals surface area contributed by atoms with E-state index in [1.165, 1.54) is 70.1 Å². The Hall–Kier alpha value is -1.58. The Balaban J connectivity index is 2.24. The fraction of sp³-hybridized carbons (Fsp3) is 0.739. The van der Waals surface area contributed by atoms with Gasteiger partial charge in [-0.15, -0.1) is 0 Å². The summed E-state index contributed by atoms with van der Waals surface area (Å²) >= 11 is 0. The Morgan fingerprint density at radius 2 is 1.56 bits per heavy atom. The predicted molar refractivity (Wildman–Crippen MR) is 109 cm³/mol. The van der Waals surface area contributed by atoms with Crippen LogP contribution >= 0.6 is 0 Å². The molecule has 0 saturated heterocycles. The first-order valence-electron chi connectivity index (χ1n) is 10.7. The molecule has 0 heterocycles. The smallest absolute Gasteiger partial charge is 0.330 e. The summed E-state index contributed by atoms with van der Waals surface area (Å²) in [7, 11) is 0. The molecule has 1 aliphatic rings. The first-order valence-corrected chi connectivity index (χ1v) is 10.7. The molecular formula is C23H38O4. The first-order chi connectivity index (χ1) is 13.1. The van der Waals surface area contributed by atoms with Gasteiger partial charge in [-0.2, -0.15) is 0 Å². The lowest BCUT2D eigenvalue weighted by atomic mass is 9.91. The lowest BCUT2D eigenvalue weighted by Gasteiger charge is -2.16. The van der Waals surface area contributed by atoms with Gasteiger partial charge in [-0.3, -0.25) is 4.79 Å². The van der Waals surface area contributed by atoms with Crippen LogP contribution in [-0.4, -0.2) is 18.5 Å². The Morgan fingerprint density at radius 1 is 0.963 bits per heavy atom. The molecule has 27 heavy (non-hydrogen) atoms. The predicted octanol–water partition coefficient (Wildman–Crippen LogP) is 6.11. The van der Waals surface area contributed by atoms with Crippen molar-refractivity contribution in [3.63, 3.8) is 0 Å². The number of rotatable bonds is 17. The van der Waals surface area contributed by atoms with Crippen molar-refractivity contribution in [2.75, 3.05) is 6.61 Å². The quantitative estimate of drug-likeness (QED) is 0.133. The van der Waals surface area contributed by atoms with Gasteiger partial charge in [0.05, 0.1) is 18.8 Å². The lowest BCUT2D eigenvalue weighted by molar-refractivity contribution is -0.140. The van der Waals surface area contributed by atoms with Gasteiger partial charge in [0.1, 0.15) is 0 Å². The van der Waals surface area contributed by atoms with E-state index >= 15 is 0 Å². The van der Waals surface area contributed by atoms with Crippen molar-refractivity contribution in [3.8, 4) is 0 Å². The van der Waals surface area contributed by atoms with Crippen LogP contribution in [0.1, 0.15) is 90.4 Å². The average Bonchev–Trinajstić information content (AvgIpc) is 3.38. The number of carbonyl (C=O) groups excluding carboxylic acids is 2. The topological polar surface area (TPSA) is 52.6 Å². The summed E-state index contributed by atoms with van der Waals surface area (Å²) in [6.45, 7) is 9.45. The summed E-state index contributed by atoms with van der Waals surface area (Å²) in [6.07, 6.45) is 17.9. The molecule has 0 radical (unpaired) electrons. The van der Waals surface area contributed by atoms with Crippen LogP contribution in [0.5, 0.6) is 0 Å². The van der Waals surface area contributed by atoms with Crippen molar-refractivity contribution in [1.29, 1.82) is 0 Å². The van der Waals surface area contributed by atoms with Gasteiger partial charge in [-0.05, 0) is 24.7 Å². The largest absolute Gasteiger partial charge is 0.463 e. The second-order valence-corrected chi connectivity index (χ2v) is 7.78. The lowest BCUT2D eigenvalue weighted by Crippen LogP contribution is -2.16. The van der Waals surface area contributed by atoms with E-state index in [2.05, 4.69) is 20.1 Å². The molecule has 0 spiro atoms. The molecule has 0 aromatic rings. The zero-order valence-corrected chi connectivity index (χ0v) is 17.2. The van der Waals surface area contributed by atoms with Crippen LogP contribution in [0.3, 0.4) is 0 Å². The Labute approximate surface area is 165 Å². The van der Waals surface area contributed by atoms with Crippen molar-refractivity contribution >= 4 is 11.9 Å². The van der Waals surface area contributed by atoms with Crippen LogP contribution in [0.25, 0.3) is 0 Å². The molecule has 4 heteroatoms. The standard InChI is InChI=1S/C23H38O4/c1-4-7-8-9-10-11-12-13-14-15-16-23(17-18-27-21(24)5-2)19-20(23)22(25)26-6-3/h5-6,20H,2-4,7-19H2,1H3. The van der Waals surface area contributed by atoms with E-state index in [1.807, 2.05) is 0 Å². The van der Waals surface area contributed by atoms with Crippen molar-refractivity contribution in [3.05, 3.63) is 25.5 Å². The van der Waals surface area contributed by atoms with Gasteiger partial charge >= 0.3 is 11.9 Å². The van der Waals surface area contributed by atoms with E-state index in [0.29, 0.717) is 13.0 Å². The SMILES string of the molecule is C=COC(=O)C1CC1(CCCCCCCCCCCC)CCOC(=O)C=C. The van der Waals surface area contributed by atoms with Gasteiger partial charge in [0.2, 0.25) is 0 Å². The third-order valence-electron chi connectivity index (χ3n) is 5.71. The summed E-state index contributed by atoms with van der Waals surface area (Å²) in [4.78, 5) is 23.3. The zero-order chi connectivity index (χ0) is 20.0. The van der Waals surface area contributed by atoms with Crippen LogP contribution in [0, 0.1) is 11.3 Å². The molecule has 0 aromatic heterocycles. The van der Waals surface area contributed by atoms with Crippen LogP contribution in [0.2, 0.25) is 0 Å². The monoisotopic (exact) mass is 378 g/mol. The molecule has 154 valence electrons. The fourth-order valence-corrected chi connectivity index (χ4v) is 3.90. The van der Waals surface area contributed by atoms with E-state index in [9.17, 15) is 9.59 Å². The van der Waals surface area contributed by atoms with Gasteiger partial charge in [0, 0.05) is 6.08 Å². The van der Waals surface area contributed by atoms with E-state index in [1.54, 1.807) is 0 Å². The van der Waals surface area contributed by atoms with Gasteiger partial charge in [-0.1, -0.05) is 84.3 Å². The van der Waals surface area contributed by atoms with Crippen molar-refractivity contribution < 1.29 is 19.1 Å². The molecule has 2 atom stereocenters. The number of ether oxygens (including phenoxy) is 2. The molecule has 1 fully saturated rings. The van der Waals surface area contributed by atoms with E-state index in [0.717, 1.165) is 19.3 Å². The van der Waals surface area contributed by atoms with Crippen LogP contribution in [0.15, 0.2) is 25.5 Å². The van der Waals surface area contributed by atoms with Crippen LogP contribution in [-0.2, 0) is 19.1 Å². The third kappa shape index (κ3) is 9.25. The summed E-state index contributed by atoms with van der Waals surface area (Å²) in [6, 6.07) is 0. The van der Waals surface area contributed by atoms with E-state index in [-0.39, 0.29) is 17.3 Å². The highest BCUT2D eigenvalue weighted by atomic mass is 16.5. The van der Waals surface area contributed by atoms with E-state index in [4.69, 9.17) is 9.47 Å². The Kier molecular flexibility index (Phi) is 11.8. The number of hydrogen-bond acceptors (Lipinski definition) is 4. The Bertz CT molecular complexity index is 471. The molecule has 2 unspecified atom stereocenters. The minimum absolute atomic E-state index is 0.0678. The maximum Gasteiger partial charge on any atom is 0.330 e. The van der Waals surface area contributed by atoms with Crippen LogP contribution < -0.4 is 0 Å². The summed E-state index contributed by atoms with van der Waals surface area (Å²) in [5, 5.41) is 0. The second-order valence-electron chi connectivity index (χ2n) is 7.78. The summed E-state index contributed by atoms with van der Waals surface area (Å²) in [5.41, 5.74) is -0.0678. The van der Waals surface area contributed by atoms with Gasteiger partial charge in [0.15, 0.2) is 0 Å². The average molecular weight is 379 g/mol. The zero-order valence-electron chi connectivity index (χ0n) is 17.2. The highest BCUT2D eigenvalue weighted by Crippen LogP contribution is 2.59. The number of unbranched alkanes of at least 4 members (excludes halogenated alkanes) is 9. The third-order valence-corrected chi connectivity index (χ3v) is 5.71. The normalized spacial score (nSPS) is 20.7.